The molecule has 1 aromatic heterocycles. The summed E-state index contributed by atoms with van der Waals surface area (Å²) in [5.74, 6) is 0.853. The highest BCUT2D eigenvalue weighted by Gasteiger charge is 2.05. The maximum atomic E-state index is 9.20. The summed E-state index contributed by atoms with van der Waals surface area (Å²) >= 11 is 0. The van der Waals surface area contributed by atoms with Gasteiger partial charge in [0, 0.05) is 12.6 Å². The normalized spacial score (nSPS) is 10.9. The lowest BCUT2D eigenvalue weighted by molar-refractivity contribution is 0.458. The molecular formula is C14H20N4O2. The van der Waals surface area contributed by atoms with Crippen LogP contribution in [0.4, 0.5) is 6.01 Å². The summed E-state index contributed by atoms with van der Waals surface area (Å²) in [4.78, 5) is 0. The lowest BCUT2D eigenvalue weighted by atomic mass is 10.1. The topological polar surface area (TPSA) is 83.2 Å². The number of nitrogens with one attached hydrogen (secondary N) is 2. The average Bonchev–Trinajstić information content (AvgIpc) is 2.87. The van der Waals surface area contributed by atoms with Crippen molar-refractivity contribution in [2.75, 3.05) is 11.9 Å². The lowest BCUT2D eigenvalue weighted by Gasteiger charge is -2.04. The van der Waals surface area contributed by atoms with Crippen molar-refractivity contribution in [1.29, 1.82) is 0 Å². The van der Waals surface area contributed by atoms with Gasteiger partial charge in [0.05, 0.1) is 6.54 Å². The summed E-state index contributed by atoms with van der Waals surface area (Å²) in [7, 11) is 0. The van der Waals surface area contributed by atoms with Crippen molar-refractivity contribution in [3.63, 3.8) is 0 Å². The third kappa shape index (κ3) is 4.55. The molecule has 0 unspecified atom stereocenters. The zero-order valence-electron chi connectivity index (χ0n) is 11.8. The van der Waals surface area contributed by atoms with Crippen LogP contribution in [-0.4, -0.2) is 27.9 Å². The molecule has 108 valence electrons. The minimum absolute atomic E-state index is 0.279. The molecule has 0 spiro atoms. The SMILES string of the molecule is CC(C)NCc1nnc(NCCc2ccc(O)cc2)o1. The summed E-state index contributed by atoms with van der Waals surface area (Å²) in [6, 6.07) is 7.96. The largest absolute Gasteiger partial charge is 0.508 e. The predicted octanol–water partition coefficient (Wildman–Crippen LogP) is 1.93. The average molecular weight is 276 g/mol. The third-order valence-corrected chi connectivity index (χ3v) is 2.75. The molecule has 0 aliphatic heterocycles. The zero-order valence-corrected chi connectivity index (χ0v) is 11.8. The van der Waals surface area contributed by atoms with Crippen LogP contribution in [0.1, 0.15) is 25.3 Å². The van der Waals surface area contributed by atoms with Gasteiger partial charge in [0.25, 0.3) is 0 Å². The van der Waals surface area contributed by atoms with Crippen LogP contribution in [0.2, 0.25) is 0 Å². The van der Waals surface area contributed by atoms with Crippen molar-refractivity contribution in [2.24, 2.45) is 0 Å². The molecule has 20 heavy (non-hydrogen) atoms. The maximum absolute atomic E-state index is 9.20. The van der Waals surface area contributed by atoms with E-state index in [1.165, 1.54) is 0 Å². The molecule has 2 rings (SSSR count). The van der Waals surface area contributed by atoms with Crippen LogP contribution >= 0.6 is 0 Å². The predicted molar refractivity (Wildman–Crippen MR) is 76.6 cm³/mol. The van der Waals surface area contributed by atoms with Gasteiger partial charge in [-0.3, -0.25) is 0 Å². The molecule has 0 amide bonds. The summed E-state index contributed by atoms with van der Waals surface area (Å²) in [6.07, 6.45) is 0.822. The summed E-state index contributed by atoms with van der Waals surface area (Å²) in [6.45, 7) is 5.40. The molecule has 0 fully saturated rings. The molecule has 0 saturated heterocycles. The van der Waals surface area contributed by atoms with E-state index in [1.807, 2.05) is 12.1 Å². The Labute approximate surface area is 118 Å². The Hall–Kier alpha value is -2.08. The molecule has 6 heteroatoms. The number of phenolic OH excluding ortho intramolecular Hbond substituents is 1. The van der Waals surface area contributed by atoms with Crippen molar-refractivity contribution >= 4 is 6.01 Å². The van der Waals surface area contributed by atoms with E-state index in [1.54, 1.807) is 12.1 Å². The first-order valence-corrected chi connectivity index (χ1v) is 6.71. The van der Waals surface area contributed by atoms with Crippen molar-refractivity contribution in [3.05, 3.63) is 35.7 Å². The van der Waals surface area contributed by atoms with Crippen molar-refractivity contribution in [3.8, 4) is 5.75 Å². The van der Waals surface area contributed by atoms with Crippen molar-refractivity contribution < 1.29 is 9.52 Å². The Morgan fingerprint density at radius 3 is 2.65 bits per heavy atom. The van der Waals surface area contributed by atoms with Crippen LogP contribution in [0.25, 0.3) is 0 Å². The smallest absolute Gasteiger partial charge is 0.315 e. The second-order valence-electron chi connectivity index (χ2n) is 4.88. The van der Waals surface area contributed by atoms with Crippen molar-refractivity contribution in [2.45, 2.75) is 32.9 Å². The van der Waals surface area contributed by atoms with Gasteiger partial charge < -0.3 is 20.2 Å². The van der Waals surface area contributed by atoms with Gasteiger partial charge in [0.2, 0.25) is 5.89 Å². The van der Waals surface area contributed by atoms with Gasteiger partial charge in [-0.1, -0.05) is 31.1 Å². The maximum Gasteiger partial charge on any atom is 0.315 e. The number of hydrogen-bond donors (Lipinski definition) is 3. The lowest BCUT2D eigenvalue weighted by Crippen LogP contribution is -2.21. The zero-order chi connectivity index (χ0) is 14.4. The first-order chi connectivity index (χ1) is 9.63. The fraction of sp³-hybridized carbons (Fsp3) is 0.429. The number of hydrogen-bond acceptors (Lipinski definition) is 6. The van der Waals surface area contributed by atoms with Crippen molar-refractivity contribution in [1.82, 2.24) is 15.5 Å². The second kappa shape index (κ2) is 6.91. The molecule has 0 bridgehead atoms. The molecule has 0 aliphatic rings. The number of aromatic nitrogens is 2. The number of aromatic hydroxyl groups is 1. The molecule has 3 N–H and O–H groups in total. The highest BCUT2D eigenvalue weighted by molar-refractivity contribution is 5.27. The van der Waals surface area contributed by atoms with E-state index in [9.17, 15) is 5.11 Å². The summed E-state index contributed by atoms with van der Waals surface area (Å²) in [5, 5.41) is 23.4. The third-order valence-electron chi connectivity index (χ3n) is 2.75. The molecule has 0 aliphatic carbocycles. The van der Waals surface area contributed by atoms with E-state index < -0.39 is 0 Å². The second-order valence-corrected chi connectivity index (χ2v) is 4.88. The highest BCUT2D eigenvalue weighted by Crippen LogP contribution is 2.10. The van der Waals surface area contributed by atoms with E-state index in [0.717, 1.165) is 12.0 Å². The van der Waals surface area contributed by atoms with Gasteiger partial charge in [-0.05, 0) is 24.1 Å². The Kier molecular flexibility index (Phi) is 4.95. The van der Waals surface area contributed by atoms with Crippen LogP contribution in [0.5, 0.6) is 5.75 Å². The van der Waals surface area contributed by atoms with Gasteiger partial charge in [-0.15, -0.1) is 5.10 Å². The first-order valence-electron chi connectivity index (χ1n) is 6.71. The van der Waals surface area contributed by atoms with Crippen LogP contribution in [-0.2, 0) is 13.0 Å². The molecule has 2 aromatic rings. The first kappa shape index (κ1) is 14.3. The van der Waals surface area contributed by atoms with Crippen LogP contribution in [0.3, 0.4) is 0 Å². The Morgan fingerprint density at radius 2 is 1.95 bits per heavy atom. The number of anilines is 1. The van der Waals surface area contributed by atoms with E-state index >= 15 is 0 Å². The van der Waals surface area contributed by atoms with Gasteiger partial charge >= 0.3 is 6.01 Å². The quantitative estimate of drug-likeness (QED) is 0.716. The van der Waals surface area contributed by atoms with Crippen LogP contribution < -0.4 is 10.6 Å². The van der Waals surface area contributed by atoms with Crippen LogP contribution in [0, 0.1) is 0 Å². The molecule has 6 nitrogen and oxygen atoms in total. The standard InChI is InChI=1S/C14H20N4O2/c1-10(2)16-9-13-17-18-14(20-13)15-8-7-11-3-5-12(19)6-4-11/h3-6,10,16,19H,7-9H2,1-2H3,(H,15,18). The molecule has 0 radical (unpaired) electrons. The number of nitrogens with zero attached hydrogens (tertiary/aromatic N) is 2. The Morgan fingerprint density at radius 1 is 1.20 bits per heavy atom. The monoisotopic (exact) mass is 276 g/mol. The summed E-state index contributed by atoms with van der Waals surface area (Å²) < 4.78 is 5.46. The number of phenols is 1. The fourth-order valence-corrected chi connectivity index (χ4v) is 1.66. The Balaban J connectivity index is 1.75. The minimum atomic E-state index is 0.279. The molecular weight excluding hydrogens is 256 g/mol. The highest BCUT2D eigenvalue weighted by atomic mass is 16.4. The minimum Gasteiger partial charge on any atom is -0.508 e. The number of rotatable bonds is 7. The molecule has 0 saturated carbocycles. The van der Waals surface area contributed by atoms with Gasteiger partial charge in [-0.2, -0.15) is 0 Å². The van der Waals surface area contributed by atoms with Gasteiger partial charge in [0.15, 0.2) is 0 Å². The van der Waals surface area contributed by atoms with E-state index in [-0.39, 0.29) is 5.75 Å². The molecule has 0 atom stereocenters. The summed E-state index contributed by atoms with van der Waals surface area (Å²) in [5.41, 5.74) is 1.14. The Bertz CT molecular complexity index is 522. The van der Waals surface area contributed by atoms with E-state index in [0.29, 0.717) is 31.0 Å². The van der Waals surface area contributed by atoms with Gasteiger partial charge in [0.1, 0.15) is 5.75 Å². The van der Waals surface area contributed by atoms with Gasteiger partial charge in [-0.25, -0.2) is 0 Å². The van der Waals surface area contributed by atoms with E-state index in [4.69, 9.17) is 4.42 Å². The number of benzene rings is 1. The molecule has 1 heterocycles. The molecule has 1 aromatic carbocycles. The van der Waals surface area contributed by atoms with E-state index in [2.05, 4.69) is 34.7 Å². The fourth-order valence-electron chi connectivity index (χ4n) is 1.66. The van der Waals surface area contributed by atoms with Crippen LogP contribution in [0.15, 0.2) is 28.7 Å².